The Kier molecular flexibility index (Phi) is 3.87. The number of rotatable bonds is 3. The average molecular weight is 312 g/mol. The van der Waals surface area contributed by atoms with E-state index >= 15 is 0 Å². The van der Waals surface area contributed by atoms with Crippen molar-refractivity contribution in [1.82, 2.24) is 5.32 Å². The van der Waals surface area contributed by atoms with Gasteiger partial charge >= 0.3 is 0 Å². The van der Waals surface area contributed by atoms with Gasteiger partial charge in [-0.1, -0.05) is 15.9 Å². The number of halogens is 1. The van der Waals surface area contributed by atoms with Gasteiger partial charge in [0.05, 0.1) is 12.7 Å². The third-order valence-electron chi connectivity index (χ3n) is 3.63. The van der Waals surface area contributed by atoms with Crippen LogP contribution in [0.4, 0.5) is 0 Å². The summed E-state index contributed by atoms with van der Waals surface area (Å²) in [5.41, 5.74) is 1.26. The normalized spacial score (nSPS) is 26.7. The Labute approximate surface area is 116 Å². The number of ether oxygens (including phenoxy) is 2. The Balaban J connectivity index is 1.68. The van der Waals surface area contributed by atoms with Crippen LogP contribution >= 0.6 is 15.9 Å². The summed E-state index contributed by atoms with van der Waals surface area (Å²) in [6.07, 6.45) is 3.79. The molecule has 1 saturated heterocycles. The molecule has 3 rings (SSSR count). The molecule has 2 heterocycles. The van der Waals surface area contributed by atoms with Crippen molar-refractivity contribution in [3.63, 3.8) is 0 Å². The zero-order valence-corrected chi connectivity index (χ0v) is 11.9. The van der Waals surface area contributed by atoms with Crippen molar-refractivity contribution in [3.8, 4) is 5.75 Å². The SMILES string of the molecule is Brc1ccc2c(c1)C(NCC1CCCO1)CCO2. The van der Waals surface area contributed by atoms with Gasteiger partial charge in [-0.25, -0.2) is 0 Å². The van der Waals surface area contributed by atoms with Crippen LogP contribution in [0.1, 0.15) is 30.9 Å². The average Bonchev–Trinajstić information content (AvgIpc) is 2.89. The molecule has 0 bridgehead atoms. The summed E-state index contributed by atoms with van der Waals surface area (Å²) in [6.45, 7) is 2.65. The zero-order valence-electron chi connectivity index (χ0n) is 10.3. The fraction of sp³-hybridized carbons (Fsp3) is 0.571. The quantitative estimate of drug-likeness (QED) is 0.930. The minimum atomic E-state index is 0.385. The Bertz CT molecular complexity index is 418. The summed E-state index contributed by atoms with van der Waals surface area (Å²) < 4.78 is 12.4. The first-order valence-corrected chi connectivity index (χ1v) is 7.39. The minimum absolute atomic E-state index is 0.385. The Morgan fingerprint density at radius 3 is 3.06 bits per heavy atom. The molecule has 1 fully saturated rings. The van der Waals surface area contributed by atoms with Crippen molar-refractivity contribution >= 4 is 15.9 Å². The van der Waals surface area contributed by atoms with E-state index in [-0.39, 0.29) is 0 Å². The van der Waals surface area contributed by atoms with E-state index in [0.29, 0.717) is 12.1 Å². The third-order valence-corrected chi connectivity index (χ3v) is 4.12. The molecule has 0 amide bonds. The first-order chi connectivity index (χ1) is 8.83. The van der Waals surface area contributed by atoms with Gasteiger partial charge in [0.1, 0.15) is 5.75 Å². The molecule has 0 aliphatic carbocycles. The van der Waals surface area contributed by atoms with E-state index < -0.39 is 0 Å². The molecule has 1 N–H and O–H groups in total. The van der Waals surface area contributed by atoms with Crippen LogP contribution in [0.5, 0.6) is 5.75 Å². The van der Waals surface area contributed by atoms with Crippen molar-refractivity contribution in [3.05, 3.63) is 28.2 Å². The van der Waals surface area contributed by atoms with E-state index in [9.17, 15) is 0 Å². The van der Waals surface area contributed by atoms with Crippen molar-refractivity contribution in [2.45, 2.75) is 31.4 Å². The lowest BCUT2D eigenvalue weighted by molar-refractivity contribution is 0.105. The van der Waals surface area contributed by atoms with Gasteiger partial charge in [0, 0.05) is 35.7 Å². The summed E-state index contributed by atoms with van der Waals surface area (Å²) in [6, 6.07) is 6.61. The fourth-order valence-corrected chi connectivity index (χ4v) is 3.04. The molecule has 0 radical (unpaired) electrons. The molecule has 0 saturated carbocycles. The third kappa shape index (κ3) is 2.71. The smallest absolute Gasteiger partial charge is 0.124 e. The van der Waals surface area contributed by atoms with Gasteiger partial charge in [-0.2, -0.15) is 0 Å². The highest BCUT2D eigenvalue weighted by Gasteiger charge is 2.23. The summed E-state index contributed by atoms with van der Waals surface area (Å²) in [7, 11) is 0. The number of nitrogens with one attached hydrogen (secondary N) is 1. The van der Waals surface area contributed by atoms with E-state index in [4.69, 9.17) is 9.47 Å². The predicted octanol–water partition coefficient (Wildman–Crippen LogP) is 3.04. The van der Waals surface area contributed by atoms with Crippen molar-refractivity contribution < 1.29 is 9.47 Å². The molecule has 1 aromatic rings. The summed E-state index contributed by atoms with van der Waals surface area (Å²) in [4.78, 5) is 0. The van der Waals surface area contributed by atoms with Gasteiger partial charge in [0.25, 0.3) is 0 Å². The maximum atomic E-state index is 5.69. The lowest BCUT2D eigenvalue weighted by Gasteiger charge is -2.28. The van der Waals surface area contributed by atoms with Crippen molar-refractivity contribution in [2.75, 3.05) is 19.8 Å². The van der Waals surface area contributed by atoms with Gasteiger partial charge in [-0.3, -0.25) is 0 Å². The molecule has 1 aromatic carbocycles. The maximum absolute atomic E-state index is 5.69. The molecular weight excluding hydrogens is 294 g/mol. The first-order valence-electron chi connectivity index (χ1n) is 6.60. The first kappa shape index (κ1) is 12.5. The minimum Gasteiger partial charge on any atom is -0.493 e. The molecule has 2 atom stereocenters. The van der Waals surface area contributed by atoms with E-state index in [2.05, 4.69) is 27.3 Å². The molecule has 18 heavy (non-hydrogen) atoms. The van der Waals surface area contributed by atoms with Gasteiger partial charge in [0.15, 0.2) is 0 Å². The second-order valence-corrected chi connectivity index (χ2v) is 5.83. The second kappa shape index (κ2) is 5.59. The van der Waals surface area contributed by atoms with Crippen LogP contribution in [-0.4, -0.2) is 25.9 Å². The Morgan fingerprint density at radius 2 is 2.22 bits per heavy atom. The molecule has 2 unspecified atom stereocenters. The van der Waals surface area contributed by atoms with Crippen LogP contribution in [-0.2, 0) is 4.74 Å². The van der Waals surface area contributed by atoms with Gasteiger partial charge in [0.2, 0.25) is 0 Å². The van der Waals surface area contributed by atoms with Crippen LogP contribution in [0, 0.1) is 0 Å². The summed E-state index contributed by atoms with van der Waals surface area (Å²) in [5, 5.41) is 3.62. The van der Waals surface area contributed by atoms with Crippen LogP contribution in [0.25, 0.3) is 0 Å². The number of hydrogen-bond donors (Lipinski definition) is 1. The fourth-order valence-electron chi connectivity index (χ4n) is 2.66. The lowest BCUT2D eigenvalue weighted by atomic mass is 10.0. The molecular formula is C14H18BrNO2. The van der Waals surface area contributed by atoms with Gasteiger partial charge in [-0.05, 0) is 31.0 Å². The highest BCUT2D eigenvalue weighted by molar-refractivity contribution is 9.10. The van der Waals surface area contributed by atoms with Crippen LogP contribution < -0.4 is 10.1 Å². The maximum Gasteiger partial charge on any atom is 0.124 e. The molecule has 2 aliphatic heterocycles. The van der Waals surface area contributed by atoms with E-state index in [1.807, 2.05) is 12.1 Å². The van der Waals surface area contributed by atoms with E-state index in [1.54, 1.807) is 0 Å². The summed E-state index contributed by atoms with van der Waals surface area (Å²) >= 11 is 3.53. The number of benzene rings is 1. The summed E-state index contributed by atoms with van der Waals surface area (Å²) in [5.74, 6) is 1.01. The largest absolute Gasteiger partial charge is 0.493 e. The van der Waals surface area contributed by atoms with E-state index in [1.165, 1.54) is 18.4 Å². The van der Waals surface area contributed by atoms with E-state index in [0.717, 1.165) is 36.4 Å². The second-order valence-electron chi connectivity index (χ2n) is 4.92. The Morgan fingerprint density at radius 1 is 1.28 bits per heavy atom. The van der Waals surface area contributed by atoms with Gasteiger partial charge < -0.3 is 14.8 Å². The number of hydrogen-bond acceptors (Lipinski definition) is 3. The zero-order chi connectivity index (χ0) is 12.4. The van der Waals surface area contributed by atoms with Crippen molar-refractivity contribution in [2.24, 2.45) is 0 Å². The lowest BCUT2D eigenvalue weighted by Crippen LogP contribution is -2.33. The molecule has 98 valence electrons. The highest BCUT2D eigenvalue weighted by atomic mass is 79.9. The molecule has 2 aliphatic rings. The molecule has 0 aromatic heterocycles. The monoisotopic (exact) mass is 311 g/mol. The molecule has 3 nitrogen and oxygen atoms in total. The van der Waals surface area contributed by atoms with Crippen LogP contribution in [0.15, 0.2) is 22.7 Å². The van der Waals surface area contributed by atoms with Crippen LogP contribution in [0.3, 0.4) is 0 Å². The molecule has 0 spiro atoms. The molecule has 4 heteroatoms. The predicted molar refractivity (Wildman–Crippen MR) is 74.0 cm³/mol. The highest BCUT2D eigenvalue weighted by Crippen LogP contribution is 2.34. The van der Waals surface area contributed by atoms with Crippen LogP contribution in [0.2, 0.25) is 0 Å². The number of fused-ring (bicyclic) bond motifs is 1. The van der Waals surface area contributed by atoms with Gasteiger partial charge in [-0.15, -0.1) is 0 Å². The Hall–Kier alpha value is -0.580. The standard InChI is InChI=1S/C14H18BrNO2/c15-10-3-4-14-12(8-10)13(5-7-18-14)16-9-11-2-1-6-17-11/h3-4,8,11,13,16H,1-2,5-7,9H2. The topological polar surface area (TPSA) is 30.5 Å². The van der Waals surface area contributed by atoms with Crippen molar-refractivity contribution in [1.29, 1.82) is 0 Å².